The molecule has 0 bridgehead atoms. The highest BCUT2D eigenvalue weighted by Crippen LogP contribution is 1.93. The van der Waals surface area contributed by atoms with Crippen molar-refractivity contribution in [1.29, 1.82) is 0 Å². The molecule has 0 atom stereocenters. The molecule has 5 nitrogen and oxygen atoms in total. The minimum absolute atomic E-state index is 0.347. The van der Waals surface area contributed by atoms with Gasteiger partial charge in [0.05, 0.1) is 0 Å². The van der Waals surface area contributed by atoms with Gasteiger partial charge in [-0.2, -0.15) is 0 Å². The lowest BCUT2D eigenvalue weighted by molar-refractivity contribution is -0.114. The monoisotopic (exact) mass is 215 g/mol. The van der Waals surface area contributed by atoms with Gasteiger partial charge in [0.2, 0.25) is 0 Å². The molecule has 5 heteroatoms. The van der Waals surface area contributed by atoms with Gasteiger partial charge in [-0.3, -0.25) is 4.79 Å². The van der Waals surface area contributed by atoms with Crippen LogP contribution in [0, 0.1) is 0 Å². The summed E-state index contributed by atoms with van der Waals surface area (Å²) >= 11 is 0. The van der Waals surface area contributed by atoms with Gasteiger partial charge in [-0.05, 0) is 32.5 Å². The molecule has 1 amide bonds. The van der Waals surface area contributed by atoms with Gasteiger partial charge in [0.15, 0.2) is 0 Å². The van der Waals surface area contributed by atoms with Gasteiger partial charge in [0.25, 0.3) is 5.91 Å². The van der Waals surface area contributed by atoms with E-state index in [9.17, 15) is 4.79 Å². The third-order valence-electron chi connectivity index (χ3n) is 2.27. The molecular formula is C10H21N3O2. The summed E-state index contributed by atoms with van der Waals surface area (Å²) in [7, 11) is 0. The molecule has 15 heavy (non-hydrogen) atoms. The lowest BCUT2D eigenvalue weighted by atomic mass is 10.3. The van der Waals surface area contributed by atoms with Gasteiger partial charge in [-0.1, -0.05) is 19.0 Å². The highest BCUT2D eigenvalue weighted by atomic mass is 16.4. The second kappa shape index (κ2) is 9.45. The molecule has 0 unspecified atom stereocenters. The summed E-state index contributed by atoms with van der Waals surface area (Å²) in [5.74, 6) is -0.347. The zero-order valence-corrected chi connectivity index (χ0v) is 9.57. The third kappa shape index (κ3) is 7.93. The zero-order valence-electron chi connectivity index (χ0n) is 9.57. The van der Waals surface area contributed by atoms with E-state index in [1.165, 1.54) is 0 Å². The first-order valence-corrected chi connectivity index (χ1v) is 5.42. The van der Waals surface area contributed by atoms with Crippen molar-refractivity contribution < 1.29 is 10.0 Å². The summed E-state index contributed by atoms with van der Waals surface area (Å²) in [6.45, 7) is 8.12. The van der Waals surface area contributed by atoms with E-state index in [-0.39, 0.29) is 5.91 Å². The van der Waals surface area contributed by atoms with Gasteiger partial charge in [0, 0.05) is 6.54 Å². The molecule has 0 saturated heterocycles. The molecule has 0 aliphatic heterocycles. The Kier molecular flexibility index (Phi) is 8.76. The number of amides is 1. The molecule has 0 heterocycles. The smallest absolute Gasteiger partial charge is 0.265 e. The van der Waals surface area contributed by atoms with E-state index < -0.39 is 0 Å². The van der Waals surface area contributed by atoms with Gasteiger partial charge >= 0.3 is 0 Å². The molecule has 0 aliphatic carbocycles. The maximum Gasteiger partial charge on any atom is 0.265 e. The first kappa shape index (κ1) is 13.9. The number of nitrogens with zero attached hydrogens (tertiary/aromatic N) is 2. The Labute approximate surface area is 91.1 Å². The van der Waals surface area contributed by atoms with Crippen LogP contribution in [0.5, 0.6) is 0 Å². The van der Waals surface area contributed by atoms with Gasteiger partial charge in [-0.25, -0.2) is 0 Å². The number of oxime groups is 1. The average Bonchev–Trinajstić information content (AvgIpc) is 2.24. The van der Waals surface area contributed by atoms with E-state index in [0.717, 1.165) is 38.7 Å². The van der Waals surface area contributed by atoms with Crippen LogP contribution in [0.2, 0.25) is 0 Å². The zero-order chi connectivity index (χ0) is 11.5. The lowest BCUT2D eigenvalue weighted by Crippen LogP contribution is -2.27. The van der Waals surface area contributed by atoms with Gasteiger partial charge in [-0.15, -0.1) is 0 Å². The number of nitrogens with one attached hydrogen (secondary N) is 1. The second-order valence-electron chi connectivity index (χ2n) is 3.27. The number of hydrogen-bond donors (Lipinski definition) is 2. The SMILES string of the molecule is CCN(CC)CCCCNC(=O)C=NO. The molecule has 0 fully saturated rings. The maximum atomic E-state index is 10.8. The van der Waals surface area contributed by atoms with E-state index in [1.807, 2.05) is 0 Å². The van der Waals surface area contributed by atoms with Crippen LogP contribution in [0.3, 0.4) is 0 Å². The Hall–Kier alpha value is -1.10. The van der Waals surface area contributed by atoms with Crippen molar-refractivity contribution >= 4 is 12.1 Å². The van der Waals surface area contributed by atoms with Gasteiger partial charge in [0.1, 0.15) is 6.21 Å². The normalized spacial score (nSPS) is 11.1. The number of rotatable bonds is 8. The van der Waals surface area contributed by atoms with Crippen LogP contribution in [-0.2, 0) is 4.79 Å². The van der Waals surface area contributed by atoms with Crippen molar-refractivity contribution in [2.45, 2.75) is 26.7 Å². The second-order valence-corrected chi connectivity index (χ2v) is 3.27. The first-order valence-electron chi connectivity index (χ1n) is 5.42. The number of carbonyl (C=O) groups is 1. The quantitative estimate of drug-likeness (QED) is 0.271. The summed E-state index contributed by atoms with van der Waals surface area (Å²) in [6, 6.07) is 0. The van der Waals surface area contributed by atoms with Crippen molar-refractivity contribution in [1.82, 2.24) is 10.2 Å². The summed E-state index contributed by atoms with van der Waals surface area (Å²) in [5, 5.41) is 13.3. The molecular weight excluding hydrogens is 194 g/mol. The van der Waals surface area contributed by atoms with Crippen LogP contribution in [-0.4, -0.2) is 48.4 Å². The molecule has 0 aliphatic rings. The van der Waals surface area contributed by atoms with Crippen molar-refractivity contribution in [2.75, 3.05) is 26.2 Å². The predicted octanol–water partition coefficient (Wildman–Crippen LogP) is 0.685. The topological polar surface area (TPSA) is 64.9 Å². The highest BCUT2D eigenvalue weighted by Gasteiger charge is 1.99. The van der Waals surface area contributed by atoms with Crippen molar-refractivity contribution in [3.8, 4) is 0 Å². The Balaban J connectivity index is 3.35. The molecule has 0 rings (SSSR count). The maximum absolute atomic E-state index is 10.8. The van der Waals surface area contributed by atoms with E-state index >= 15 is 0 Å². The Morgan fingerprint density at radius 1 is 1.40 bits per heavy atom. The van der Waals surface area contributed by atoms with Crippen molar-refractivity contribution in [3.05, 3.63) is 0 Å². The molecule has 0 saturated carbocycles. The van der Waals surface area contributed by atoms with Crippen LogP contribution in [0.4, 0.5) is 0 Å². The van der Waals surface area contributed by atoms with Gasteiger partial charge < -0.3 is 15.4 Å². The molecule has 0 aromatic carbocycles. The van der Waals surface area contributed by atoms with Crippen LogP contribution in [0.1, 0.15) is 26.7 Å². The standard InChI is InChI=1S/C10H21N3O2/c1-3-13(4-2)8-6-5-7-11-10(14)9-12-15/h9,15H,3-8H2,1-2H3,(H,11,14). The van der Waals surface area contributed by atoms with Crippen LogP contribution in [0.25, 0.3) is 0 Å². The summed E-state index contributed by atoms with van der Waals surface area (Å²) in [6.07, 6.45) is 2.88. The fourth-order valence-electron chi connectivity index (χ4n) is 1.31. The lowest BCUT2D eigenvalue weighted by Gasteiger charge is -2.17. The van der Waals surface area contributed by atoms with Crippen molar-refractivity contribution in [3.63, 3.8) is 0 Å². The van der Waals surface area contributed by atoms with E-state index in [0.29, 0.717) is 6.54 Å². The number of hydrogen-bond acceptors (Lipinski definition) is 4. The average molecular weight is 215 g/mol. The van der Waals surface area contributed by atoms with E-state index in [4.69, 9.17) is 5.21 Å². The Morgan fingerprint density at radius 2 is 2.07 bits per heavy atom. The summed E-state index contributed by atoms with van der Waals surface area (Å²) in [4.78, 5) is 13.2. The minimum atomic E-state index is -0.347. The Morgan fingerprint density at radius 3 is 2.60 bits per heavy atom. The summed E-state index contributed by atoms with van der Waals surface area (Å²) < 4.78 is 0. The van der Waals surface area contributed by atoms with Crippen LogP contribution in [0.15, 0.2) is 5.16 Å². The van der Waals surface area contributed by atoms with Crippen LogP contribution < -0.4 is 5.32 Å². The fraction of sp³-hybridized carbons (Fsp3) is 0.800. The van der Waals surface area contributed by atoms with E-state index in [1.54, 1.807) is 0 Å². The molecule has 0 spiro atoms. The number of unbranched alkanes of at least 4 members (excludes halogenated alkanes) is 1. The summed E-state index contributed by atoms with van der Waals surface area (Å²) in [5.41, 5.74) is 0. The molecule has 0 aromatic rings. The third-order valence-corrected chi connectivity index (χ3v) is 2.27. The van der Waals surface area contributed by atoms with Crippen molar-refractivity contribution in [2.24, 2.45) is 5.16 Å². The highest BCUT2D eigenvalue weighted by molar-refractivity contribution is 6.25. The minimum Gasteiger partial charge on any atom is -0.411 e. The molecule has 88 valence electrons. The fourth-order valence-corrected chi connectivity index (χ4v) is 1.31. The Bertz CT molecular complexity index is 191. The molecule has 0 radical (unpaired) electrons. The molecule has 0 aromatic heterocycles. The number of carbonyl (C=O) groups excluding carboxylic acids is 1. The first-order chi connectivity index (χ1) is 7.24. The predicted molar refractivity (Wildman–Crippen MR) is 60.3 cm³/mol. The van der Waals surface area contributed by atoms with Crippen LogP contribution >= 0.6 is 0 Å². The van der Waals surface area contributed by atoms with E-state index in [2.05, 4.69) is 29.2 Å². The molecule has 2 N–H and O–H groups in total. The largest absolute Gasteiger partial charge is 0.411 e.